The van der Waals surface area contributed by atoms with E-state index in [1.807, 2.05) is 26.0 Å². The molecule has 2 aromatic carbocycles. The Morgan fingerprint density at radius 2 is 1.76 bits per heavy atom. The van der Waals surface area contributed by atoms with E-state index < -0.39 is 17.7 Å². The van der Waals surface area contributed by atoms with Gasteiger partial charge in [0, 0.05) is 10.6 Å². The molecule has 0 fully saturated rings. The van der Waals surface area contributed by atoms with Crippen LogP contribution in [0.3, 0.4) is 0 Å². The molecule has 0 aliphatic rings. The van der Waals surface area contributed by atoms with E-state index in [1.54, 1.807) is 12.1 Å². The van der Waals surface area contributed by atoms with Crippen molar-refractivity contribution in [3.05, 3.63) is 69.7 Å². The van der Waals surface area contributed by atoms with Gasteiger partial charge in [0.2, 0.25) is 0 Å². The molecule has 112 valence electrons. The van der Waals surface area contributed by atoms with Gasteiger partial charge in [-0.15, -0.1) is 0 Å². The predicted molar refractivity (Wildman–Crippen MR) is 82.7 cm³/mol. The molecule has 0 aliphatic carbocycles. The minimum absolute atomic E-state index is 0.300. The Morgan fingerprint density at radius 1 is 1.10 bits per heavy atom. The number of hydrogen-bond donors (Lipinski definition) is 1. The Bertz CT molecular complexity index is 577. The van der Waals surface area contributed by atoms with Crippen LogP contribution in [0.4, 0.5) is 8.78 Å². The first kappa shape index (κ1) is 15.9. The van der Waals surface area contributed by atoms with Crippen molar-refractivity contribution in [3.63, 3.8) is 0 Å². The third-order valence-electron chi connectivity index (χ3n) is 3.51. The minimum atomic E-state index is -0.838. The molecule has 0 saturated carbocycles. The van der Waals surface area contributed by atoms with Crippen LogP contribution in [0.1, 0.15) is 36.1 Å². The molecule has 2 aromatic rings. The maximum atomic E-state index is 14.1. The van der Waals surface area contributed by atoms with Gasteiger partial charge in [-0.25, -0.2) is 8.78 Å². The summed E-state index contributed by atoms with van der Waals surface area (Å²) < 4.78 is 27.7. The number of benzene rings is 2. The Kier molecular flexibility index (Phi) is 5.32. The van der Waals surface area contributed by atoms with Crippen LogP contribution in [-0.4, -0.2) is 6.54 Å². The number of hydrogen-bond acceptors (Lipinski definition) is 1. The molecule has 0 heterocycles. The summed E-state index contributed by atoms with van der Waals surface area (Å²) in [5.74, 6) is -1.65. The average Bonchev–Trinajstić information content (AvgIpc) is 2.47. The highest BCUT2D eigenvalue weighted by molar-refractivity contribution is 6.31. The third-order valence-corrected chi connectivity index (χ3v) is 3.92. The number of halogens is 3. The summed E-state index contributed by atoms with van der Waals surface area (Å²) in [6.07, 6.45) is 0.896. The largest absolute Gasteiger partial charge is 0.306 e. The zero-order valence-corrected chi connectivity index (χ0v) is 12.8. The first-order chi connectivity index (χ1) is 10.1. The Hall–Kier alpha value is -1.45. The van der Waals surface area contributed by atoms with Crippen LogP contribution in [0, 0.1) is 18.6 Å². The summed E-state index contributed by atoms with van der Waals surface area (Å²) in [6, 6.07) is 9.33. The molecule has 1 atom stereocenters. The number of rotatable bonds is 5. The highest BCUT2D eigenvalue weighted by Gasteiger charge is 2.21. The van der Waals surface area contributed by atoms with Gasteiger partial charge in [-0.1, -0.05) is 42.8 Å². The van der Waals surface area contributed by atoms with Gasteiger partial charge in [-0.3, -0.25) is 0 Å². The lowest BCUT2D eigenvalue weighted by atomic mass is 9.94. The maximum absolute atomic E-state index is 14.1. The van der Waals surface area contributed by atoms with Crippen molar-refractivity contribution in [2.24, 2.45) is 0 Å². The molecule has 21 heavy (non-hydrogen) atoms. The average molecular weight is 310 g/mol. The molecular weight excluding hydrogens is 292 g/mol. The SMILES string of the molecule is CCCNC(c1cccc(Cl)c1C)c1cccc(F)c1F. The smallest absolute Gasteiger partial charge is 0.163 e. The van der Waals surface area contributed by atoms with Gasteiger partial charge >= 0.3 is 0 Å². The van der Waals surface area contributed by atoms with E-state index >= 15 is 0 Å². The molecule has 1 N–H and O–H groups in total. The molecule has 0 amide bonds. The molecule has 4 heteroatoms. The van der Waals surface area contributed by atoms with Crippen molar-refractivity contribution < 1.29 is 8.78 Å². The molecule has 1 unspecified atom stereocenters. The van der Waals surface area contributed by atoms with E-state index in [-0.39, 0.29) is 0 Å². The summed E-state index contributed by atoms with van der Waals surface area (Å²) in [5.41, 5.74) is 2.03. The van der Waals surface area contributed by atoms with Crippen molar-refractivity contribution in [3.8, 4) is 0 Å². The molecule has 0 bridgehead atoms. The van der Waals surface area contributed by atoms with Crippen molar-refractivity contribution in [2.45, 2.75) is 26.3 Å². The van der Waals surface area contributed by atoms with Gasteiger partial charge in [0.05, 0.1) is 6.04 Å². The molecule has 0 aromatic heterocycles. The summed E-state index contributed by atoms with van der Waals surface area (Å²) >= 11 is 6.15. The predicted octanol–water partition coefficient (Wildman–Crippen LogP) is 5.02. The van der Waals surface area contributed by atoms with E-state index in [0.29, 0.717) is 17.1 Å². The van der Waals surface area contributed by atoms with Crippen LogP contribution in [0.25, 0.3) is 0 Å². The van der Waals surface area contributed by atoms with Gasteiger partial charge in [-0.05, 0) is 43.1 Å². The fourth-order valence-corrected chi connectivity index (χ4v) is 2.54. The van der Waals surface area contributed by atoms with Crippen molar-refractivity contribution in [2.75, 3.05) is 6.54 Å². The second kappa shape index (κ2) is 7.01. The lowest BCUT2D eigenvalue weighted by Crippen LogP contribution is -2.25. The Balaban J connectivity index is 2.52. The molecule has 0 spiro atoms. The lowest BCUT2D eigenvalue weighted by molar-refractivity contribution is 0.480. The van der Waals surface area contributed by atoms with Gasteiger partial charge in [0.25, 0.3) is 0 Å². The van der Waals surface area contributed by atoms with Gasteiger partial charge in [0.1, 0.15) is 0 Å². The topological polar surface area (TPSA) is 12.0 Å². The standard InChI is InChI=1S/C17H18ClF2N/c1-3-10-21-17(12-6-4-8-14(18)11(12)2)13-7-5-9-15(19)16(13)20/h4-9,17,21H,3,10H2,1-2H3. The summed E-state index contributed by atoms with van der Waals surface area (Å²) in [6.45, 7) is 4.61. The van der Waals surface area contributed by atoms with Gasteiger partial charge in [-0.2, -0.15) is 0 Å². The van der Waals surface area contributed by atoms with E-state index in [4.69, 9.17) is 11.6 Å². The molecule has 2 rings (SSSR count). The Labute approximate surface area is 128 Å². The molecular formula is C17H18ClF2N. The van der Waals surface area contributed by atoms with Gasteiger partial charge in [0.15, 0.2) is 11.6 Å². The zero-order chi connectivity index (χ0) is 15.4. The van der Waals surface area contributed by atoms with E-state index in [0.717, 1.165) is 23.6 Å². The van der Waals surface area contributed by atoms with Crippen LogP contribution in [0.15, 0.2) is 36.4 Å². The molecule has 1 nitrogen and oxygen atoms in total. The second-order valence-electron chi connectivity index (χ2n) is 4.98. The lowest BCUT2D eigenvalue weighted by Gasteiger charge is -2.22. The first-order valence-corrected chi connectivity index (χ1v) is 7.36. The van der Waals surface area contributed by atoms with E-state index in [1.165, 1.54) is 6.07 Å². The molecule has 0 saturated heterocycles. The van der Waals surface area contributed by atoms with E-state index in [2.05, 4.69) is 5.32 Å². The maximum Gasteiger partial charge on any atom is 0.163 e. The highest BCUT2D eigenvalue weighted by Crippen LogP contribution is 2.30. The highest BCUT2D eigenvalue weighted by atomic mass is 35.5. The summed E-state index contributed by atoms with van der Waals surface area (Å²) in [7, 11) is 0. The van der Waals surface area contributed by atoms with Crippen molar-refractivity contribution >= 4 is 11.6 Å². The quantitative estimate of drug-likeness (QED) is 0.818. The first-order valence-electron chi connectivity index (χ1n) is 6.98. The van der Waals surface area contributed by atoms with Crippen LogP contribution >= 0.6 is 11.6 Å². The van der Waals surface area contributed by atoms with Crippen molar-refractivity contribution in [1.29, 1.82) is 0 Å². The Morgan fingerprint density at radius 3 is 2.48 bits per heavy atom. The minimum Gasteiger partial charge on any atom is -0.306 e. The molecule has 0 aliphatic heterocycles. The van der Waals surface area contributed by atoms with Crippen LogP contribution in [-0.2, 0) is 0 Å². The summed E-state index contributed by atoms with van der Waals surface area (Å²) in [5, 5.41) is 3.89. The van der Waals surface area contributed by atoms with E-state index in [9.17, 15) is 8.78 Å². The van der Waals surface area contributed by atoms with Crippen LogP contribution in [0.2, 0.25) is 5.02 Å². The fourth-order valence-electron chi connectivity index (χ4n) is 2.36. The second-order valence-corrected chi connectivity index (χ2v) is 5.39. The van der Waals surface area contributed by atoms with Crippen molar-refractivity contribution in [1.82, 2.24) is 5.32 Å². The van der Waals surface area contributed by atoms with Crippen LogP contribution < -0.4 is 5.32 Å². The van der Waals surface area contributed by atoms with Crippen LogP contribution in [0.5, 0.6) is 0 Å². The monoisotopic (exact) mass is 309 g/mol. The molecule has 0 radical (unpaired) electrons. The third kappa shape index (κ3) is 3.42. The normalized spacial score (nSPS) is 12.4. The fraction of sp³-hybridized carbons (Fsp3) is 0.294. The van der Waals surface area contributed by atoms with Gasteiger partial charge < -0.3 is 5.32 Å². The summed E-state index contributed by atoms with van der Waals surface area (Å²) in [4.78, 5) is 0. The zero-order valence-electron chi connectivity index (χ0n) is 12.1. The number of nitrogens with one attached hydrogen (secondary N) is 1.